The molecule has 0 bridgehead atoms. The van der Waals surface area contributed by atoms with Gasteiger partial charge in [0.05, 0.1) is 6.61 Å². The van der Waals surface area contributed by atoms with E-state index in [9.17, 15) is 14.4 Å². The van der Waals surface area contributed by atoms with Crippen LogP contribution in [0.2, 0.25) is 0 Å². The lowest BCUT2D eigenvalue weighted by molar-refractivity contribution is -0.143. The zero-order valence-electron chi connectivity index (χ0n) is 13.5. The number of amides is 2. The summed E-state index contributed by atoms with van der Waals surface area (Å²) in [5, 5.41) is 0. The Balaban J connectivity index is 2.03. The molecule has 0 saturated carbocycles. The number of hydrogen-bond donors (Lipinski definition) is 1. The Hall–Kier alpha value is -2.21. The Morgan fingerprint density at radius 3 is 2.61 bits per heavy atom. The van der Waals surface area contributed by atoms with E-state index >= 15 is 0 Å². The minimum Gasteiger partial charge on any atom is -0.324 e. The molecule has 1 N–H and O–H groups in total. The molecule has 1 unspecified atom stereocenters. The lowest BCUT2D eigenvalue weighted by Gasteiger charge is -2.23. The number of nitrogens with zero attached hydrogens (tertiary/aromatic N) is 1. The minimum absolute atomic E-state index is 0.342. The first-order valence-electron chi connectivity index (χ1n) is 7.88. The van der Waals surface area contributed by atoms with E-state index in [-0.39, 0.29) is 5.91 Å². The molecule has 2 amide bonds. The molecule has 1 aromatic carbocycles. The molecular formula is C17H22N2O4. The maximum Gasteiger partial charge on any atom is 0.295 e. The monoisotopic (exact) mass is 318 g/mol. The maximum absolute atomic E-state index is 12.4. The highest BCUT2D eigenvalue weighted by Gasteiger charge is 2.37. The van der Waals surface area contributed by atoms with Crippen LogP contribution in [0.3, 0.4) is 0 Å². The van der Waals surface area contributed by atoms with Crippen LogP contribution in [0.5, 0.6) is 0 Å². The van der Waals surface area contributed by atoms with Crippen molar-refractivity contribution in [3.63, 3.8) is 0 Å². The van der Waals surface area contributed by atoms with Gasteiger partial charge in [-0.1, -0.05) is 36.8 Å². The molecule has 23 heavy (non-hydrogen) atoms. The van der Waals surface area contributed by atoms with Crippen LogP contribution in [0, 0.1) is 6.92 Å². The Kier molecular flexibility index (Phi) is 5.87. The van der Waals surface area contributed by atoms with Crippen molar-refractivity contribution >= 4 is 17.6 Å². The third kappa shape index (κ3) is 4.16. The van der Waals surface area contributed by atoms with Crippen LogP contribution in [0.1, 0.15) is 42.1 Å². The highest BCUT2D eigenvalue weighted by Crippen LogP contribution is 2.19. The van der Waals surface area contributed by atoms with Gasteiger partial charge in [0.1, 0.15) is 6.04 Å². The van der Waals surface area contributed by atoms with E-state index in [1.165, 1.54) is 4.90 Å². The van der Waals surface area contributed by atoms with E-state index in [2.05, 4.69) is 5.48 Å². The minimum atomic E-state index is -0.645. The second-order valence-corrected chi connectivity index (χ2v) is 5.67. The standard InChI is InChI=1S/C17H22N2O4/c1-3-11-23-18-16(21)14-5-4-10-19(14)17(22)15(20)13-8-6-12(2)7-9-13/h6-9,14H,3-5,10-11H2,1-2H3,(H,18,21). The molecule has 0 aliphatic carbocycles. The van der Waals surface area contributed by atoms with E-state index in [0.717, 1.165) is 12.0 Å². The zero-order valence-corrected chi connectivity index (χ0v) is 13.5. The van der Waals surface area contributed by atoms with E-state index in [1.807, 2.05) is 13.8 Å². The van der Waals surface area contributed by atoms with Crippen molar-refractivity contribution in [1.82, 2.24) is 10.4 Å². The van der Waals surface area contributed by atoms with Crippen molar-refractivity contribution in [2.45, 2.75) is 39.2 Å². The van der Waals surface area contributed by atoms with E-state index in [0.29, 0.717) is 31.6 Å². The van der Waals surface area contributed by atoms with Crippen molar-refractivity contribution < 1.29 is 19.2 Å². The Labute approximate surface area is 135 Å². The molecule has 0 aromatic heterocycles. The molecule has 1 fully saturated rings. The number of carbonyl (C=O) groups excluding carboxylic acids is 3. The highest BCUT2D eigenvalue weighted by atomic mass is 16.6. The lowest BCUT2D eigenvalue weighted by Crippen LogP contribution is -2.48. The number of benzene rings is 1. The van der Waals surface area contributed by atoms with Crippen molar-refractivity contribution in [3.8, 4) is 0 Å². The normalized spacial score (nSPS) is 17.1. The van der Waals surface area contributed by atoms with Gasteiger partial charge in [-0.3, -0.25) is 19.2 Å². The number of aryl methyl sites for hydroxylation is 1. The molecule has 6 heteroatoms. The summed E-state index contributed by atoms with van der Waals surface area (Å²) in [5.74, 6) is -1.60. The van der Waals surface area contributed by atoms with Crippen LogP contribution in [0.15, 0.2) is 24.3 Å². The third-order valence-electron chi connectivity index (χ3n) is 3.80. The summed E-state index contributed by atoms with van der Waals surface area (Å²) >= 11 is 0. The average molecular weight is 318 g/mol. The van der Waals surface area contributed by atoms with Crippen LogP contribution in [-0.2, 0) is 14.4 Å². The average Bonchev–Trinajstić information content (AvgIpc) is 3.04. The summed E-state index contributed by atoms with van der Waals surface area (Å²) < 4.78 is 0. The smallest absolute Gasteiger partial charge is 0.295 e. The first-order chi connectivity index (χ1) is 11.0. The molecule has 1 aliphatic heterocycles. The molecular weight excluding hydrogens is 296 g/mol. The fraction of sp³-hybridized carbons (Fsp3) is 0.471. The first-order valence-corrected chi connectivity index (χ1v) is 7.88. The summed E-state index contributed by atoms with van der Waals surface area (Å²) in [4.78, 5) is 43.2. The van der Waals surface area contributed by atoms with Gasteiger partial charge in [-0.05, 0) is 26.2 Å². The molecule has 0 spiro atoms. The van der Waals surface area contributed by atoms with Crippen LogP contribution < -0.4 is 5.48 Å². The van der Waals surface area contributed by atoms with Crippen molar-refractivity contribution in [2.24, 2.45) is 0 Å². The Bertz CT molecular complexity index is 583. The third-order valence-corrected chi connectivity index (χ3v) is 3.80. The SMILES string of the molecule is CCCONC(=O)C1CCCN1C(=O)C(=O)c1ccc(C)cc1. The van der Waals surface area contributed by atoms with E-state index < -0.39 is 17.7 Å². The highest BCUT2D eigenvalue weighted by molar-refractivity contribution is 6.43. The Morgan fingerprint density at radius 1 is 1.26 bits per heavy atom. The fourth-order valence-corrected chi connectivity index (χ4v) is 2.53. The summed E-state index contributed by atoms with van der Waals surface area (Å²) in [6, 6.07) is 6.19. The molecule has 0 radical (unpaired) electrons. The number of hydroxylamine groups is 1. The fourth-order valence-electron chi connectivity index (χ4n) is 2.53. The van der Waals surface area contributed by atoms with Gasteiger partial charge in [0.25, 0.3) is 11.8 Å². The van der Waals surface area contributed by atoms with E-state index in [4.69, 9.17) is 4.84 Å². The topological polar surface area (TPSA) is 75.7 Å². The van der Waals surface area contributed by atoms with E-state index in [1.54, 1.807) is 24.3 Å². The predicted octanol–water partition coefficient (Wildman–Crippen LogP) is 1.63. The predicted molar refractivity (Wildman–Crippen MR) is 84.6 cm³/mol. The van der Waals surface area contributed by atoms with Crippen molar-refractivity contribution in [3.05, 3.63) is 35.4 Å². The molecule has 1 aromatic rings. The maximum atomic E-state index is 12.4. The molecule has 1 aliphatic rings. The first kappa shape index (κ1) is 17.1. The van der Waals surface area contributed by atoms with Gasteiger partial charge in [-0.15, -0.1) is 0 Å². The van der Waals surface area contributed by atoms with Gasteiger partial charge < -0.3 is 4.90 Å². The number of likely N-dealkylation sites (tertiary alicyclic amines) is 1. The molecule has 1 heterocycles. The van der Waals surface area contributed by atoms with Gasteiger partial charge in [0.15, 0.2) is 0 Å². The number of rotatable bonds is 6. The number of ketones is 1. The van der Waals surface area contributed by atoms with Crippen LogP contribution in [-0.4, -0.2) is 41.7 Å². The number of hydrogen-bond acceptors (Lipinski definition) is 4. The number of nitrogens with one attached hydrogen (secondary N) is 1. The second-order valence-electron chi connectivity index (χ2n) is 5.67. The summed E-state index contributed by atoms with van der Waals surface area (Å²) in [6.45, 7) is 4.65. The molecule has 1 atom stereocenters. The van der Waals surface area contributed by atoms with Crippen LogP contribution >= 0.6 is 0 Å². The van der Waals surface area contributed by atoms with Gasteiger partial charge in [0.2, 0.25) is 5.78 Å². The summed E-state index contributed by atoms with van der Waals surface area (Å²) in [6.07, 6.45) is 2.01. The van der Waals surface area contributed by atoms with Gasteiger partial charge in [-0.25, -0.2) is 5.48 Å². The van der Waals surface area contributed by atoms with Gasteiger partial charge in [0, 0.05) is 12.1 Å². The quantitative estimate of drug-likeness (QED) is 0.374. The molecule has 6 nitrogen and oxygen atoms in total. The zero-order chi connectivity index (χ0) is 16.8. The second kappa shape index (κ2) is 7.87. The van der Waals surface area contributed by atoms with Crippen molar-refractivity contribution in [1.29, 1.82) is 0 Å². The largest absolute Gasteiger partial charge is 0.324 e. The summed E-state index contributed by atoms with van der Waals surface area (Å²) in [7, 11) is 0. The summed E-state index contributed by atoms with van der Waals surface area (Å²) in [5.41, 5.74) is 3.71. The van der Waals surface area contributed by atoms with Gasteiger partial charge in [-0.2, -0.15) is 0 Å². The van der Waals surface area contributed by atoms with Gasteiger partial charge >= 0.3 is 0 Å². The van der Waals surface area contributed by atoms with Crippen LogP contribution in [0.25, 0.3) is 0 Å². The molecule has 2 rings (SSSR count). The molecule has 1 saturated heterocycles. The lowest BCUT2D eigenvalue weighted by atomic mass is 10.1. The van der Waals surface area contributed by atoms with Crippen LogP contribution in [0.4, 0.5) is 0 Å². The molecule has 124 valence electrons. The number of Topliss-reactive ketones (excluding diaryl/α,β-unsaturated/α-hetero) is 1. The number of carbonyl (C=O) groups is 3. The van der Waals surface area contributed by atoms with Crippen molar-refractivity contribution in [2.75, 3.05) is 13.2 Å². The Morgan fingerprint density at radius 2 is 1.96 bits per heavy atom.